The average molecular weight is 533 g/mol. The predicted molar refractivity (Wildman–Crippen MR) is 147 cm³/mol. The number of nitrogens with one attached hydrogen (secondary N) is 2. The van der Waals surface area contributed by atoms with Gasteiger partial charge in [0.1, 0.15) is 12.4 Å². The molecule has 1 saturated carbocycles. The summed E-state index contributed by atoms with van der Waals surface area (Å²) in [6.07, 6.45) is 4.57. The average Bonchev–Trinajstić information content (AvgIpc) is 3.71. The van der Waals surface area contributed by atoms with Crippen LogP contribution in [0, 0.1) is 0 Å². The minimum absolute atomic E-state index is 0.00889. The number of alkyl halides is 1. The number of benzene rings is 2. The summed E-state index contributed by atoms with van der Waals surface area (Å²) in [7, 11) is 2.12. The van der Waals surface area contributed by atoms with E-state index in [-0.39, 0.29) is 18.1 Å². The van der Waals surface area contributed by atoms with Crippen molar-refractivity contribution >= 4 is 22.5 Å². The third-order valence-electron chi connectivity index (χ3n) is 7.93. The van der Waals surface area contributed by atoms with Crippen LogP contribution >= 0.6 is 0 Å². The van der Waals surface area contributed by atoms with Crippen LogP contribution in [0.1, 0.15) is 47.9 Å². The number of aromatic nitrogens is 5. The Kier molecular flexibility index (Phi) is 6.90. The van der Waals surface area contributed by atoms with E-state index in [9.17, 15) is 14.3 Å². The topological polar surface area (TPSA) is 115 Å². The van der Waals surface area contributed by atoms with Crippen LogP contribution in [0.3, 0.4) is 0 Å². The molecular weight excluding hydrogens is 499 g/mol. The SMILES string of the molecule is CN1CCN(c2ccc(-n3c(C(=O)NCCF)nnc3-c3cc4c(C5CCCC5)[nH]nc4cc3O)cc2)CC1. The molecule has 1 saturated heterocycles. The molecule has 2 fully saturated rings. The maximum atomic E-state index is 13.0. The summed E-state index contributed by atoms with van der Waals surface area (Å²) < 4.78 is 14.5. The fraction of sp³-hybridized carbons (Fsp3) is 0.429. The van der Waals surface area contributed by atoms with Gasteiger partial charge in [0.2, 0.25) is 5.82 Å². The highest BCUT2D eigenvalue weighted by Gasteiger charge is 2.26. The standard InChI is InChI=1S/C28H33FN8O2/c1-35-12-14-36(15-13-35)19-6-8-20(9-7-19)37-26(33-34-27(37)28(39)30-11-10-29)22-16-21-23(17-24(22)38)31-32-25(21)18-4-2-3-5-18/h6-9,16-18,38H,2-5,10-15H2,1H3,(H,30,39)(H,31,32). The number of halogens is 1. The Morgan fingerprint density at radius 1 is 1.08 bits per heavy atom. The van der Waals surface area contributed by atoms with Crippen molar-refractivity contribution in [3.63, 3.8) is 0 Å². The zero-order valence-electron chi connectivity index (χ0n) is 22.0. The lowest BCUT2D eigenvalue weighted by molar-refractivity contribution is 0.0938. The zero-order valence-corrected chi connectivity index (χ0v) is 22.0. The molecule has 10 nitrogen and oxygen atoms in total. The lowest BCUT2D eigenvalue weighted by Crippen LogP contribution is -2.44. The molecule has 204 valence electrons. The smallest absolute Gasteiger partial charge is 0.289 e. The molecule has 0 atom stereocenters. The number of amides is 1. The van der Waals surface area contributed by atoms with Gasteiger partial charge in [-0.25, -0.2) is 4.39 Å². The van der Waals surface area contributed by atoms with E-state index in [1.807, 2.05) is 30.3 Å². The van der Waals surface area contributed by atoms with Gasteiger partial charge in [0.15, 0.2) is 5.82 Å². The minimum atomic E-state index is -0.686. The second-order valence-electron chi connectivity index (χ2n) is 10.4. The number of aromatic hydroxyl groups is 1. The number of aromatic amines is 1. The lowest BCUT2D eigenvalue weighted by atomic mass is 9.99. The Morgan fingerprint density at radius 2 is 1.79 bits per heavy atom. The summed E-state index contributed by atoms with van der Waals surface area (Å²) in [5.41, 5.74) is 3.95. The van der Waals surface area contributed by atoms with E-state index >= 15 is 0 Å². The van der Waals surface area contributed by atoms with Crippen LogP contribution in [0.4, 0.5) is 10.1 Å². The van der Waals surface area contributed by atoms with Crippen LogP contribution in [0.5, 0.6) is 5.75 Å². The fourth-order valence-corrected chi connectivity index (χ4v) is 5.74. The number of likely N-dealkylation sites (N-methyl/N-ethyl adjacent to an activating group) is 1. The Labute approximate surface area is 225 Å². The van der Waals surface area contributed by atoms with Crippen molar-refractivity contribution in [2.24, 2.45) is 0 Å². The third kappa shape index (κ3) is 4.82. The van der Waals surface area contributed by atoms with Crippen LogP contribution in [-0.4, -0.2) is 87.3 Å². The van der Waals surface area contributed by atoms with E-state index in [1.165, 1.54) is 12.8 Å². The maximum Gasteiger partial charge on any atom is 0.289 e. The van der Waals surface area contributed by atoms with Crippen molar-refractivity contribution in [3.8, 4) is 22.8 Å². The Morgan fingerprint density at radius 3 is 2.51 bits per heavy atom. The predicted octanol–water partition coefficient (Wildman–Crippen LogP) is 3.62. The first kappa shape index (κ1) is 25.3. The molecule has 1 aliphatic heterocycles. The number of nitrogens with zero attached hydrogens (tertiary/aromatic N) is 6. The summed E-state index contributed by atoms with van der Waals surface area (Å²) in [5, 5.41) is 30.7. The van der Waals surface area contributed by atoms with E-state index in [1.54, 1.807) is 10.6 Å². The van der Waals surface area contributed by atoms with E-state index in [0.29, 0.717) is 28.5 Å². The number of fused-ring (bicyclic) bond motifs is 1. The van der Waals surface area contributed by atoms with E-state index in [0.717, 1.165) is 55.8 Å². The largest absolute Gasteiger partial charge is 0.507 e. The van der Waals surface area contributed by atoms with Crippen molar-refractivity contribution in [2.45, 2.75) is 31.6 Å². The highest BCUT2D eigenvalue weighted by Crippen LogP contribution is 2.40. The molecule has 0 radical (unpaired) electrons. The number of phenolic OH excluding ortho intramolecular Hbond substituents is 1. The quantitative estimate of drug-likeness (QED) is 0.333. The Bertz CT molecular complexity index is 1470. The second-order valence-corrected chi connectivity index (χ2v) is 10.4. The molecule has 6 rings (SSSR count). The van der Waals surface area contributed by atoms with Crippen LogP contribution in [0.2, 0.25) is 0 Å². The van der Waals surface area contributed by atoms with Crippen LogP contribution in [0.15, 0.2) is 36.4 Å². The highest BCUT2D eigenvalue weighted by molar-refractivity contribution is 5.93. The molecule has 0 unspecified atom stereocenters. The van der Waals surface area contributed by atoms with Crippen molar-refractivity contribution in [2.75, 3.05) is 51.3 Å². The number of piperazine rings is 1. The molecular formula is C28H33FN8O2. The highest BCUT2D eigenvalue weighted by atomic mass is 19.1. The Balaban J connectivity index is 1.43. The minimum Gasteiger partial charge on any atom is -0.507 e. The molecule has 39 heavy (non-hydrogen) atoms. The number of carbonyl (C=O) groups is 1. The molecule has 1 aliphatic carbocycles. The summed E-state index contributed by atoms with van der Waals surface area (Å²) in [6, 6.07) is 11.4. The van der Waals surface area contributed by atoms with Gasteiger partial charge in [-0.05, 0) is 50.2 Å². The number of phenols is 1. The number of rotatable bonds is 7. The van der Waals surface area contributed by atoms with E-state index < -0.39 is 12.6 Å². The summed E-state index contributed by atoms with van der Waals surface area (Å²) in [4.78, 5) is 17.6. The van der Waals surface area contributed by atoms with Gasteiger partial charge in [0.05, 0.1) is 11.1 Å². The van der Waals surface area contributed by atoms with Crippen LogP contribution in [0.25, 0.3) is 28.0 Å². The molecule has 3 N–H and O–H groups in total. The summed E-state index contributed by atoms with van der Waals surface area (Å²) in [6.45, 7) is 3.05. The molecule has 2 aromatic heterocycles. The summed E-state index contributed by atoms with van der Waals surface area (Å²) in [5.74, 6) is 0.198. The second kappa shape index (κ2) is 10.6. The van der Waals surface area contributed by atoms with Gasteiger partial charge >= 0.3 is 0 Å². The van der Waals surface area contributed by atoms with Crippen molar-refractivity contribution in [1.82, 2.24) is 35.2 Å². The van der Waals surface area contributed by atoms with Gasteiger partial charge < -0.3 is 20.2 Å². The number of hydrogen-bond donors (Lipinski definition) is 3. The lowest BCUT2D eigenvalue weighted by Gasteiger charge is -2.34. The number of H-pyrrole nitrogens is 1. The molecule has 3 heterocycles. The van der Waals surface area contributed by atoms with Gasteiger partial charge in [-0.1, -0.05) is 12.8 Å². The first-order valence-corrected chi connectivity index (χ1v) is 13.6. The Hall–Kier alpha value is -3.99. The normalized spacial score (nSPS) is 16.8. The zero-order chi connectivity index (χ0) is 26.9. The van der Waals surface area contributed by atoms with Gasteiger partial charge in [-0.3, -0.25) is 14.5 Å². The van der Waals surface area contributed by atoms with Crippen LogP contribution in [-0.2, 0) is 0 Å². The van der Waals surface area contributed by atoms with E-state index in [2.05, 4.69) is 42.6 Å². The first-order chi connectivity index (χ1) is 19.0. The molecule has 4 aromatic rings. The van der Waals surface area contributed by atoms with Gasteiger partial charge in [0.25, 0.3) is 5.91 Å². The monoisotopic (exact) mass is 532 g/mol. The molecule has 1 amide bonds. The molecule has 2 aromatic carbocycles. The molecule has 0 bridgehead atoms. The number of anilines is 1. The van der Waals surface area contributed by atoms with E-state index in [4.69, 9.17) is 0 Å². The fourth-order valence-electron chi connectivity index (χ4n) is 5.74. The van der Waals surface area contributed by atoms with Gasteiger partial charge in [0, 0.05) is 67.2 Å². The van der Waals surface area contributed by atoms with Crippen molar-refractivity contribution in [1.29, 1.82) is 0 Å². The molecule has 0 spiro atoms. The third-order valence-corrected chi connectivity index (χ3v) is 7.93. The number of carbonyl (C=O) groups excluding carboxylic acids is 1. The maximum absolute atomic E-state index is 13.0. The first-order valence-electron chi connectivity index (χ1n) is 13.6. The number of hydrogen-bond acceptors (Lipinski definition) is 7. The summed E-state index contributed by atoms with van der Waals surface area (Å²) >= 11 is 0. The molecule has 11 heteroatoms. The van der Waals surface area contributed by atoms with Crippen LogP contribution < -0.4 is 10.2 Å². The molecule has 2 aliphatic rings. The van der Waals surface area contributed by atoms with Gasteiger partial charge in [-0.15, -0.1) is 10.2 Å². The van der Waals surface area contributed by atoms with Gasteiger partial charge in [-0.2, -0.15) is 5.10 Å². The van der Waals surface area contributed by atoms with Crippen molar-refractivity contribution < 1.29 is 14.3 Å². The van der Waals surface area contributed by atoms with Crippen molar-refractivity contribution in [3.05, 3.63) is 47.9 Å².